The fraction of sp³-hybridized carbons (Fsp3) is 0.500. The highest BCUT2D eigenvalue weighted by atomic mass is 16.5. The average Bonchev–Trinajstić information content (AvgIpc) is 2.27. The normalized spacial score (nSPS) is 11.1. The molecule has 2 N–H and O–H groups in total. The summed E-state index contributed by atoms with van der Waals surface area (Å²) >= 11 is 0. The molecule has 1 aromatic rings. The number of nitrogens with one attached hydrogen (secondary N) is 2. The zero-order valence-corrected chi connectivity index (χ0v) is 11.5. The van der Waals surface area contributed by atoms with Gasteiger partial charge < -0.3 is 15.4 Å². The van der Waals surface area contributed by atoms with Crippen molar-refractivity contribution in [1.82, 2.24) is 5.32 Å². The van der Waals surface area contributed by atoms with E-state index >= 15 is 0 Å². The molecule has 0 radical (unpaired) electrons. The molecule has 18 heavy (non-hydrogen) atoms. The topological polar surface area (TPSA) is 50.4 Å². The van der Waals surface area contributed by atoms with Crippen molar-refractivity contribution < 1.29 is 9.53 Å². The van der Waals surface area contributed by atoms with Crippen LogP contribution in [0, 0.1) is 0 Å². The molecule has 4 nitrogen and oxygen atoms in total. The highest BCUT2D eigenvalue weighted by molar-refractivity contribution is 5.90. The van der Waals surface area contributed by atoms with Gasteiger partial charge in [0.1, 0.15) is 11.4 Å². The van der Waals surface area contributed by atoms with E-state index < -0.39 is 0 Å². The first-order valence-corrected chi connectivity index (χ1v) is 6.14. The number of carbonyl (C=O) groups excluding carboxylic acids is 1. The molecule has 0 aliphatic heterocycles. The first-order valence-electron chi connectivity index (χ1n) is 6.14. The largest absolute Gasteiger partial charge is 0.488 e. The maximum absolute atomic E-state index is 11.5. The zero-order chi connectivity index (χ0) is 13.6. The second-order valence-electron chi connectivity index (χ2n) is 5.14. The van der Waals surface area contributed by atoms with E-state index in [-0.39, 0.29) is 11.5 Å². The predicted octanol–water partition coefficient (Wildman–Crippen LogP) is 2.41. The number of hydrogen-bond donors (Lipinski definition) is 2. The van der Waals surface area contributed by atoms with E-state index in [0.717, 1.165) is 11.4 Å². The number of benzene rings is 1. The number of anilines is 1. The van der Waals surface area contributed by atoms with Crippen LogP contribution in [0.15, 0.2) is 24.3 Å². The summed E-state index contributed by atoms with van der Waals surface area (Å²) in [5.41, 5.74) is 0.578. The Kier molecular flexibility index (Phi) is 5.16. The Hall–Kier alpha value is -1.55. The molecule has 0 saturated carbocycles. The van der Waals surface area contributed by atoms with E-state index in [1.54, 1.807) is 0 Å². The van der Waals surface area contributed by atoms with Gasteiger partial charge in [-0.25, -0.2) is 0 Å². The minimum atomic E-state index is -0.211. The van der Waals surface area contributed by atoms with Crippen molar-refractivity contribution in [2.24, 2.45) is 0 Å². The Morgan fingerprint density at radius 1 is 1.22 bits per heavy atom. The van der Waals surface area contributed by atoms with Crippen molar-refractivity contribution in [3.05, 3.63) is 24.3 Å². The molecule has 0 aliphatic rings. The lowest BCUT2D eigenvalue weighted by atomic mass is 10.2. The second kappa shape index (κ2) is 6.40. The van der Waals surface area contributed by atoms with Crippen molar-refractivity contribution in [1.29, 1.82) is 0 Å². The third kappa shape index (κ3) is 5.68. The maximum Gasteiger partial charge on any atom is 0.225 e. The highest BCUT2D eigenvalue weighted by Gasteiger charge is 2.11. The van der Waals surface area contributed by atoms with Crippen molar-refractivity contribution in [2.45, 2.75) is 32.8 Å². The molecule has 0 saturated heterocycles. The third-order valence-electron chi connectivity index (χ3n) is 2.16. The summed E-state index contributed by atoms with van der Waals surface area (Å²) in [6.07, 6.45) is 0.469. The van der Waals surface area contributed by atoms with Crippen LogP contribution in [-0.2, 0) is 4.79 Å². The third-order valence-corrected chi connectivity index (χ3v) is 2.16. The summed E-state index contributed by atoms with van der Waals surface area (Å²) in [5, 5.41) is 5.77. The van der Waals surface area contributed by atoms with Crippen LogP contribution in [0.25, 0.3) is 0 Å². The molecular formula is C14H22N2O2. The van der Waals surface area contributed by atoms with Crippen molar-refractivity contribution in [3.63, 3.8) is 0 Å². The van der Waals surface area contributed by atoms with Crippen LogP contribution >= 0.6 is 0 Å². The first kappa shape index (κ1) is 14.5. The van der Waals surface area contributed by atoms with Crippen LogP contribution in [0.5, 0.6) is 5.75 Å². The van der Waals surface area contributed by atoms with Gasteiger partial charge in [-0.2, -0.15) is 0 Å². The van der Waals surface area contributed by atoms with Crippen LogP contribution in [0.4, 0.5) is 5.69 Å². The minimum absolute atomic E-state index is 0.00818. The zero-order valence-electron chi connectivity index (χ0n) is 11.5. The Labute approximate surface area is 109 Å². The Bertz CT molecular complexity index is 380. The fourth-order valence-electron chi connectivity index (χ4n) is 1.42. The van der Waals surface area contributed by atoms with Crippen LogP contribution in [-0.4, -0.2) is 25.1 Å². The van der Waals surface area contributed by atoms with Gasteiger partial charge in [-0.3, -0.25) is 4.79 Å². The number of rotatable bonds is 5. The summed E-state index contributed by atoms with van der Waals surface area (Å²) in [6.45, 7) is 6.68. The van der Waals surface area contributed by atoms with Gasteiger partial charge in [0.25, 0.3) is 0 Å². The Morgan fingerprint density at radius 2 is 1.83 bits per heavy atom. The molecule has 1 rings (SSSR count). The molecule has 0 atom stereocenters. The standard InChI is InChI=1S/C14H22N2O2/c1-14(2,3)18-12-7-5-11(6-8-12)16-13(17)9-10-15-4/h5-8,15H,9-10H2,1-4H3,(H,16,17). The Morgan fingerprint density at radius 3 is 2.33 bits per heavy atom. The molecule has 0 aliphatic carbocycles. The number of ether oxygens (including phenoxy) is 1. The van der Waals surface area contributed by atoms with E-state index in [9.17, 15) is 4.79 Å². The van der Waals surface area contributed by atoms with Crippen LogP contribution in [0.1, 0.15) is 27.2 Å². The van der Waals surface area contributed by atoms with E-state index in [2.05, 4.69) is 10.6 Å². The molecule has 100 valence electrons. The summed E-state index contributed by atoms with van der Waals surface area (Å²) in [4.78, 5) is 11.5. The minimum Gasteiger partial charge on any atom is -0.488 e. The maximum atomic E-state index is 11.5. The van der Waals surface area contributed by atoms with Crippen molar-refractivity contribution >= 4 is 11.6 Å². The molecule has 1 amide bonds. The molecule has 0 bridgehead atoms. The van der Waals surface area contributed by atoms with E-state index in [4.69, 9.17) is 4.74 Å². The lowest BCUT2D eigenvalue weighted by molar-refractivity contribution is -0.116. The fourth-order valence-corrected chi connectivity index (χ4v) is 1.42. The summed E-state index contributed by atoms with van der Waals surface area (Å²) < 4.78 is 5.70. The highest BCUT2D eigenvalue weighted by Crippen LogP contribution is 2.20. The quantitative estimate of drug-likeness (QED) is 0.843. The van der Waals surface area contributed by atoms with E-state index in [1.165, 1.54) is 0 Å². The van der Waals surface area contributed by atoms with Crippen LogP contribution in [0.3, 0.4) is 0 Å². The molecule has 0 fully saturated rings. The molecule has 0 unspecified atom stereocenters. The van der Waals surface area contributed by atoms with Gasteiger partial charge in [-0.15, -0.1) is 0 Å². The lowest BCUT2D eigenvalue weighted by Gasteiger charge is -2.21. The summed E-state index contributed by atoms with van der Waals surface area (Å²) in [5.74, 6) is 0.810. The summed E-state index contributed by atoms with van der Waals surface area (Å²) in [6, 6.07) is 7.41. The monoisotopic (exact) mass is 250 g/mol. The van der Waals surface area contributed by atoms with Gasteiger partial charge in [-0.1, -0.05) is 0 Å². The van der Waals surface area contributed by atoms with Crippen LogP contribution < -0.4 is 15.4 Å². The van der Waals surface area contributed by atoms with Gasteiger partial charge in [0.15, 0.2) is 0 Å². The number of amides is 1. The van der Waals surface area contributed by atoms with Gasteiger partial charge in [0.05, 0.1) is 0 Å². The van der Waals surface area contributed by atoms with Gasteiger partial charge in [0.2, 0.25) is 5.91 Å². The van der Waals surface area contributed by atoms with Crippen LogP contribution in [0.2, 0.25) is 0 Å². The van der Waals surface area contributed by atoms with Gasteiger partial charge in [0, 0.05) is 18.7 Å². The molecule has 1 aromatic carbocycles. The SMILES string of the molecule is CNCCC(=O)Nc1ccc(OC(C)(C)C)cc1. The van der Waals surface area contributed by atoms with Gasteiger partial charge >= 0.3 is 0 Å². The smallest absolute Gasteiger partial charge is 0.225 e. The summed E-state index contributed by atoms with van der Waals surface area (Å²) in [7, 11) is 1.83. The Balaban J connectivity index is 2.52. The molecule has 0 heterocycles. The van der Waals surface area contributed by atoms with Crippen molar-refractivity contribution in [3.8, 4) is 5.75 Å². The average molecular weight is 250 g/mol. The number of hydrogen-bond acceptors (Lipinski definition) is 3. The molecule has 0 spiro atoms. The van der Waals surface area contributed by atoms with E-state index in [0.29, 0.717) is 13.0 Å². The molecule has 4 heteroatoms. The van der Waals surface area contributed by atoms with Crippen molar-refractivity contribution in [2.75, 3.05) is 18.9 Å². The number of carbonyl (C=O) groups is 1. The van der Waals surface area contributed by atoms with E-state index in [1.807, 2.05) is 52.1 Å². The lowest BCUT2D eigenvalue weighted by Crippen LogP contribution is -2.23. The predicted molar refractivity (Wildman–Crippen MR) is 74.0 cm³/mol. The molecular weight excluding hydrogens is 228 g/mol. The second-order valence-corrected chi connectivity index (χ2v) is 5.14. The molecule has 0 aromatic heterocycles. The first-order chi connectivity index (χ1) is 8.40. The van der Waals surface area contributed by atoms with Gasteiger partial charge in [-0.05, 0) is 52.1 Å².